The largest absolute Gasteiger partial charge is 0.397 e. The first-order chi connectivity index (χ1) is 8.48. The van der Waals surface area contributed by atoms with E-state index in [1.807, 2.05) is 34.4 Å². The molecule has 0 saturated carbocycles. The van der Waals surface area contributed by atoms with Crippen LogP contribution in [-0.2, 0) is 0 Å². The van der Waals surface area contributed by atoms with Gasteiger partial charge in [0.2, 0.25) is 0 Å². The highest BCUT2D eigenvalue weighted by Gasteiger charge is 2.24. The molecule has 0 amide bonds. The maximum Gasteiger partial charge on any atom is 0.138 e. The molecule has 102 valence electrons. The van der Waals surface area contributed by atoms with Crippen LogP contribution in [0.5, 0.6) is 0 Å². The van der Waals surface area contributed by atoms with E-state index in [1.165, 1.54) is 6.07 Å². The van der Waals surface area contributed by atoms with E-state index >= 15 is 0 Å². The summed E-state index contributed by atoms with van der Waals surface area (Å²) in [5.41, 5.74) is 7.19. The standard InChI is InChI=1S/C13H20FIN2S/c1-4-13(5-2,18-3)8-17-12-6-9(14)10(15)7-11(12)16/h6-7,17H,4-5,8,16H2,1-3H3. The predicted molar refractivity (Wildman–Crippen MR) is 88.8 cm³/mol. The number of benzene rings is 1. The Bertz CT molecular complexity index is 400. The van der Waals surface area contributed by atoms with Crippen LogP contribution >= 0.6 is 34.4 Å². The zero-order valence-corrected chi connectivity index (χ0v) is 14.0. The summed E-state index contributed by atoms with van der Waals surface area (Å²) in [6, 6.07) is 3.14. The molecular formula is C13H20FIN2S. The molecule has 0 fully saturated rings. The van der Waals surface area contributed by atoms with Crippen molar-refractivity contribution in [1.29, 1.82) is 0 Å². The van der Waals surface area contributed by atoms with E-state index in [2.05, 4.69) is 25.4 Å². The van der Waals surface area contributed by atoms with Gasteiger partial charge in [-0.2, -0.15) is 11.8 Å². The molecule has 0 bridgehead atoms. The number of halogens is 2. The Morgan fingerprint density at radius 3 is 2.50 bits per heavy atom. The minimum Gasteiger partial charge on any atom is -0.397 e. The minimum absolute atomic E-state index is 0.186. The predicted octanol–water partition coefficient (Wildman–Crippen LogP) is 4.35. The van der Waals surface area contributed by atoms with Gasteiger partial charge >= 0.3 is 0 Å². The van der Waals surface area contributed by atoms with Gasteiger partial charge in [-0.3, -0.25) is 0 Å². The van der Waals surface area contributed by atoms with E-state index in [4.69, 9.17) is 5.73 Å². The van der Waals surface area contributed by atoms with Crippen molar-refractivity contribution in [1.82, 2.24) is 0 Å². The zero-order valence-electron chi connectivity index (χ0n) is 11.0. The van der Waals surface area contributed by atoms with E-state index in [-0.39, 0.29) is 10.6 Å². The summed E-state index contributed by atoms with van der Waals surface area (Å²) in [7, 11) is 0. The molecule has 0 spiro atoms. The lowest BCUT2D eigenvalue weighted by atomic mass is 10.0. The molecule has 0 aromatic heterocycles. The van der Waals surface area contributed by atoms with E-state index in [9.17, 15) is 4.39 Å². The molecule has 18 heavy (non-hydrogen) atoms. The Balaban J connectivity index is 2.83. The Labute approximate surface area is 126 Å². The van der Waals surface area contributed by atoms with Crippen LogP contribution in [0.25, 0.3) is 0 Å². The summed E-state index contributed by atoms with van der Waals surface area (Å²) < 4.78 is 14.3. The lowest BCUT2D eigenvalue weighted by molar-refractivity contribution is 0.574. The van der Waals surface area contributed by atoms with E-state index in [0.29, 0.717) is 14.9 Å². The Morgan fingerprint density at radius 1 is 1.39 bits per heavy atom. The highest BCUT2D eigenvalue weighted by molar-refractivity contribution is 14.1. The van der Waals surface area contributed by atoms with Crippen molar-refractivity contribution in [3.8, 4) is 0 Å². The van der Waals surface area contributed by atoms with Crippen LogP contribution in [-0.4, -0.2) is 17.5 Å². The molecule has 0 saturated heterocycles. The molecule has 0 aliphatic heterocycles. The fourth-order valence-corrected chi connectivity index (χ4v) is 3.12. The summed E-state index contributed by atoms with van der Waals surface area (Å²) in [6.45, 7) is 5.16. The molecule has 5 heteroatoms. The topological polar surface area (TPSA) is 38.0 Å². The summed E-state index contributed by atoms with van der Waals surface area (Å²) in [5, 5.41) is 3.29. The molecule has 0 atom stereocenters. The minimum atomic E-state index is -0.227. The fourth-order valence-electron chi connectivity index (χ4n) is 1.83. The highest BCUT2D eigenvalue weighted by Crippen LogP contribution is 2.32. The van der Waals surface area contributed by atoms with Crippen molar-refractivity contribution in [3.63, 3.8) is 0 Å². The second-order valence-electron chi connectivity index (χ2n) is 4.30. The summed E-state index contributed by atoms with van der Waals surface area (Å²) >= 11 is 3.80. The number of nitrogen functional groups attached to an aromatic ring is 1. The smallest absolute Gasteiger partial charge is 0.138 e. The van der Waals surface area contributed by atoms with Crippen LogP contribution < -0.4 is 11.1 Å². The van der Waals surface area contributed by atoms with Gasteiger partial charge in [0.05, 0.1) is 14.9 Å². The second kappa shape index (κ2) is 6.84. The van der Waals surface area contributed by atoms with Gasteiger partial charge in [0.25, 0.3) is 0 Å². The van der Waals surface area contributed by atoms with Crippen LogP contribution in [0.1, 0.15) is 26.7 Å². The maximum atomic E-state index is 13.5. The number of anilines is 2. The Hall–Kier alpha value is -0.170. The number of hydrogen-bond acceptors (Lipinski definition) is 3. The van der Waals surface area contributed by atoms with Crippen LogP contribution in [0, 0.1) is 9.39 Å². The van der Waals surface area contributed by atoms with Crippen LogP contribution in [0.2, 0.25) is 0 Å². The quantitative estimate of drug-likeness (QED) is 0.568. The summed E-state index contributed by atoms with van der Waals surface area (Å²) in [6.07, 6.45) is 4.27. The van der Waals surface area contributed by atoms with Crippen molar-refractivity contribution in [2.24, 2.45) is 0 Å². The fraction of sp³-hybridized carbons (Fsp3) is 0.538. The molecule has 1 aromatic carbocycles. The molecule has 0 heterocycles. The maximum absolute atomic E-state index is 13.5. The molecule has 0 unspecified atom stereocenters. The second-order valence-corrected chi connectivity index (χ2v) is 6.74. The number of thioether (sulfide) groups is 1. The molecule has 0 radical (unpaired) electrons. The number of nitrogens with two attached hydrogens (primary N) is 1. The van der Waals surface area contributed by atoms with Crippen molar-refractivity contribution < 1.29 is 4.39 Å². The average Bonchev–Trinajstić information content (AvgIpc) is 2.37. The van der Waals surface area contributed by atoms with Crippen LogP contribution in [0.4, 0.5) is 15.8 Å². The first kappa shape index (κ1) is 15.9. The Kier molecular flexibility index (Phi) is 6.04. The van der Waals surface area contributed by atoms with Gasteiger partial charge in [-0.25, -0.2) is 4.39 Å². The van der Waals surface area contributed by atoms with Crippen molar-refractivity contribution in [3.05, 3.63) is 21.5 Å². The van der Waals surface area contributed by atoms with Gasteiger partial charge in [-0.05, 0) is 47.8 Å². The zero-order chi connectivity index (χ0) is 13.8. The molecule has 2 nitrogen and oxygen atoms in total. The average molecular weight is 382 g/mol. The normalized spacial score (nSPS) is 11.6. The van der Waals surface area contributed by atoms with Crippen molar-refractivity contribution in [2.75, 3.05) is 23.9 Å². The SMILES string of the molecule is CCC(CC)(CNc1cc(F)c(I)cc1N)SC. The first-order valence-electron chi connectivity index (χ1n) is 6.01. The third kappa shape index (κ3) is 3.66. The molecule has 3 N–H and O–H groups in total. The van der Waals surface area contributed by atoms with Gasteiger partial charge in [-0.15, -0.1) is 0 Å². The monoisotopic (exact) mass is 382 g/mol. The van der Waals surface area contributed by atoms with Gasteiger partial charge in [0, 0.05) is 17.4 Å². The molecule has 1 aromatic rings. The number of rotatable bonds is 6. The summed E-state index contributed by atoms with van der Waals surface area (Å²) in [4.78, 5) is 0. The Morgan fingerprint density at radius 2 is 2.00 bits per heavy atom. The van der Waals surface area contributed by atoms with Crippen LogP contribution in [0.3, 0.4) is 0 Å². The van der Waals surface area contributed by atoms with Gasteiger partial charge < -0.3 is 11.1 Å². The van der Waals surface area contributed by atoms with Gasteiger partial charge in [0.15, 0.2) is 0 Å². The summed E-state index contributed by atoms with van der Waals surface area (Å²) in [5.74, 6) is -0.227. The number of nitrogens with one attached hydrogen (secondary N) is 1. The lowest BCUT2D eigenvalue weighted by Gasteiger charge is -2.30. The third-order valence-electron chi connectivity index (χ3n) is 3.42. The molecule has 0 aliphatic rings. The number of hydrogen-bond donors (Lipinski definition) is 2. The van der Waals surface area contributed by atoms with E-state index in [0.717, 1.165) is 19.4 Å². The third-order valence-corrected chi connectivity index (χ3v) is 5.83. The van der Waals surface area contributed by atoms with Gasteiger partial charge in [0.1, 0.15) is 5.82 Å². The van der Waals surface area contributed by atoms with Crippen molar-refractivity contribution >= 4 is 45.7 Å². The molecular weight excluding hydrogens is 362 g/mol. The molecule has 0 aliphatic carbocycles. The van der Waals surface area contributed by atoms with E-state index in [1.54, 1.807) is 6.07 Å². The van der Waals surface area contributed by atoms with Gasteiger partial charge in [-0.1, -0.05) is 13.8 Å². The first-order valence-corrected chi connectivity index (χ1v) is 8.32. The van der Waals surface area contributed by atoms with Crippen LogP contribution in [0.15, 0.2) is 12.1 Å². The lowest BCUT2D eigenvalue weighted by Crippen LogP contribution is -2.32. The van der Waals surface area contributed by atoms with E-state index < -0.39 is 0 Å². The van der Waals surface area contributed by atoms with Crippen molar-refractivity contribution in [2.45, 2.75) is 31.4 Å². The molecule has 1 rings (SSSR count). The highest BCUT2D eigenvalue weighted by atomic mass is 127.